The minimum absolute atomic E-state index is 0.151. The molecule has 0 saturated heterocycles. The molecule has 1 unspecified atom stereocenters. The number of methoxy groups -OCH3 is 3. The van der Waals surface area contributed by atoms with Crippen LogP contribution in [0.4, 0.5) is 5.69 Å². The Labute approximate surface area is 181 Å². The third-order valence-electron chi connectivity index (χ3n) is 5.51. The molecule has 2 atom stereocenters. The Balaban J connectivity index is 1.82. The zero-order valence-electron chi connectivity index (χ0n) is 17.9. The maximum atomic E-state index is 12.7. The number of anilines is 1. The topological polar surface area (TPSA) is 102 Å². The number of hydrogen-bond donors (Lipinski definition) is 2. The summed E-state index contributed by atoms with van der Waals surface area (Å²) >= 11 is 0. The number of carbonyl (C=O) groups excluding carboxylic acids is 2. The molecule has 8 nitrogen and oxygen atoms in total. The summed E-state index contributed by atoms with van der Waals surface area (Å²) in [6.45, 7) is 0.875. The van der Waals surface area contributed by atoms with Gasteiger partial charge >= 0.3 is 5.97 Å². The number of hydrogen-bond acceptors (Lipinski definition) is 6. The fourth-order valence-corrected chi connectivity index (χ4v) is 3.92. The van der Waals surface area contributed by atoms with Crippen LogP contribution in [0, 0.1) is 11.3 Å². The molecule has 2 aromatic rings. The summed E-state index contributed by atoms with van der Waals surface area (Å²) in [6.07, 6.45) is 0.894. The van der Waals surface area contributed by atoms with Crippen LogP contribution in [0.3, 0.4) is 0 Å². The van der Waals surface area contributed by atoms with Crippen LogP contribution < -0.4 is 19.7 Å². The molecule has 0 spiro atoms. The molecule has 1 aliphatic heterocycles. The van der Waals surface area contributed by atoms with Crippen molar-refractivity contribution < 1.29 is 28.7 Å². The maximum Gasteiger partial charge on any atom is 0.311 e. The molecule has 3 rings (SSSR count). The molecule has 162 valence electrons. The number of amides is 1. The second-order valence-electron chi connectivity index (χ2n) is 7.31. The number of nitriles is 1. The number of benzene rings is 2. The van der Waals surface area contributed by atoms with Crippen LogP contribution in [0.5, 0.6) is 11.5 Å². The third kappa shape index (κ3) is 5.13. The number of nitrogens with zero attached hydrogens (tertiary/aromatic N) is 1. The summed E-state index contributed by atoms with van der Waals surface area (Å²) in [6, 6.07) is 12.3. The Morgan fingerprint density at radius 1 is 1.13 bits per heavy atom. The van der Waals surface area contributed by atoms with Gasteiger partial charge in [0.15, 0.2) is 18.0 Å². The van der Waals surface area contributed by atoms with E-state index >= 15 is 0 Å². The number of esters is 1. The summed E-state index contributed by atoms with van der Waals surface area (Å²) in [4.78, 5) is 25.8. The molecule has 0 aliphatic carbocycles. The van der Waals surface area contributed by atoms with Gasteiger partial charge in [-0.3, -0.25) is 9.59 Å². The first-order chi connectivity index (χ1) is 15.0. The van der Waals surface area contributed by atoms with Gasteiger partial charge in [0.2, 0.25) is 0 Å². The van der Waals surface area contributed by atoms with Gasteiger partial charge in [0.25, 0.3) is 5.91 Å². The van der Waals surface area contributed by atoms with Gasteiger partial charge in [0.1, 0.15) is 12.5 Å². The second kappa shape index (κ2) is 9.96. The van der Waals surface area contributed by atoms with Crippen LogP contribution in [-0.2, 0) is 20.7 Å². The number of quaternary nitrogens is 1. The molecule has 8 heteroatoms. The lowest BCUT2D eigenvalue weighted by molar-refractivity contribution is -0.925. The van der Waals surface area contributed by atoms with E-state index in [0.717, 1.165) is 22.4 Å². The van der Waals surface area contributed by atoms with Gasteiger partial charge in [-0.1, -0.05) is 0 Å². The maximum absolute atomic E-state index is 12.7. The molecule has 31 heavy (non-hydrogen) atoms. The molecule has 0 fully saturated rings. The molecule has 0 bridgehead atoms. The monoisotopic (exact) mass is 424 g/mol. The van der Waals surface area contributed by atoms with Crippen molar-refractivity contribution in [3.63, 3.8) is 0 Å². The number of rotatable bonds is 7. The van der Waals surface area contributed by atoms with Crippen molar-refractivity contribution in [1.82, 2.24) is 0 Å². The van der Waals surface area contributed by atoms with Crippen LogP contribution in [0.2, 0.25) is 0 Å². The first kappa shape index (κ1) is 22.1. The van der Waals surface area contributed by atoms with Gasteiger partial charge in [-0.15, -0.1) is 0 Å². The average molecular weight is 424 g/mol. The Morgan fingerprint density at radius 2 is 1.81 bits per heavy atom. The zero-order valence-corrected chi connectivity index (χ0v) is 17.9. The summed E-state index contributed by atoms with van der Waals surface area (Å²) < 4.78 is 15.8. The Kier molecular flexibility index (Phi) is 7.11. The standard InChI is InChI=1S/C23H25N3O5/c1-29-20-10-16-8-9-26(14-22(27)25-17-6-4-15(13-24)5-7-17)19(12-23(28)31-3)18(16)11-21(20)30-2/h4-7,10-11,19H,8-9,12,14H2,1-3H3,(H,25,27)/p+1/t19-/m0/s1. The second-order valence-corrected chi connectivity index (χ2v) is 7.31. The molecule has 0 aromatic heterocycles. The first-order valence-corrected chi connectivity index (χ1v) is 9.95. The van der Waals surface area contributed by atoms with Crippen LogP contribution in [0.25, 0.3) is 0 Å². The molecular weight excluding hydrogens is 398 g/mol. The number of carbonyl (C=O) groups is 2. The van der Waals surface area contributed by atoms with Gasteiger partial charge in [-0.25, -0.2) is 0 Å². The minimum Gasteiger partial charge on any atom is -0.493 e. The number of fused-ring (bicyclic) bond motifs is 1. The van der Waals surface area contributed by atoms with E-state index < -0.39 is 0 Å². The predicted octanol–water partition coefficient (Wildman–Crippen LogP) is 1.26. The van der Waals surface area contributed by atoms with Crippen molar-refractivity contribution in [1.29, 1.82) is 5.26 Å². The fraction of sp³-hybridized carbons (Fsp3) is 0.348. The van der Waals surface area contributed by atoms with E-state index in [0.29, 0.717) is 29.3 Å². The summed E-state index contributed by atoms with van der Waals surface area (Å²) in [5.41, 5.74) is 3.17. The SMILES string of the molecule is COC(=O)C[C@H]1c2cc(OC)c(OC)cc2CC[NH+]1CC(=O)Nc1ccc(C#N)cc1. The van der Waals surface area contributed by atoms with Crippen molar-refractivity contribution in [3.05, 3.63) is 53.1 Å². The van der Waals surface area contributed by atoms with E-state index in [1.807, 2.05) is 18.2 Å². The lowest BCUT2D eigenvalue weighted by Gasteiger charge is -2.34. The number of nitrogens with one attached hydrogen (secondary N) is 2. The lowest BCUT2D eigenvalue weighted by Crippen LogP contribution is -3.14. The van der Waals surface area contributed by atoms with E-state index in [1.54, 1.807) is 38.5 Å². The van der Waals surface area contributed by atoms with Gasteiger partial charge in [0, 0.05) is 17.7 Å². The quantitative estimate of drug-likeness (QED) is 0.649. The van der Waals surface area contributed by atoms with Gasteiger partial charge < -0.3 is 24.4 Å². The van der Waals surface area contributed by atoms with E-state index in [-0.39, 0.29) is 30.9 Å². The highest BCUT2D eigenvalue weighted by molar-refractivity contribution is 5.91. The Hall–Kier alpha value is -3.57. The van der Waals surface area contributed by atoms with Crippen molar-refractivity contribution in [2.24, 2.45) is 0 Å². The van der Waals surface area contributed by atoms with E-state index in [4.69, 9.17) is 19.5 Å². The zero-order chi connectivity index (χ0) is 22.4. The average Bonchev–Trinajstić information content (AvgIpc) is 2.79. The highest BCUT2D eigenvalue weighted by Gasteiger charge is 2.35. The van der Waals surface area contributed by atoms with E-state index in [1.165, 1.54) is 7.11 Å². The molecule has 1 heterocycles. The van der Waals surface area contributed by atoms with Crippen molar-refractivity contribution in [2.45, 2.75) is 18.9 Å². The molecule has 0 saturated carbocycles. The Bertz CT molecular complexity index is 998. The molecular formula is C23H26N3O5+. The number of ether oxygens (including phenoxy) is 3. The normalized spacial score (nSPS) is 17.1. The summed E-state index contributed by atoms with van der Waals surface area (Å²) in [5, 5.41) is 11.8. The molecule has 0 radical (unpaired) electrons. The van der Waals surface area contributed by atoms with Crippen LogP contribution in [0.1, 0.15) is 29.2 Å². The summed E-state index contributed by atoms with van der Waals surface area (Å²) in [7, 11) is 4.51. The minimum atomic E-state index is -0.336. The largest absolute Gasteiger partial charge is 0.493 e. The molecule has 2 N–H and O–H groups in total. The van der Waals surface area contributed by atoms with Gasteiger partial charge in [-0.05, 0) is 42.0 Å². The smallest absolute Gasteiger partial charge is 0.311 e. The van der Waals surface area contributed by atoms with Crippen LogP contribution in [-0.4, -0.2) is 46.3 Å². The van der Waals surface area contributed by atoms with Crippen molar-refractivity contribution in [2.75, 3.05) is 39.7 Å². The van der Waals surface area contributed by atoms with E-state index in [2.05, 4.69) is 5.32 Å². The molecule has 1 amide bonds. The van der Waals surface area contributed by atoms with Crippen molar-refractivity contribution in [3.8, 4) is 17.6 Å². The molecule has 1 aliphatic rings. The first-order valence-electron chi connectivity index (χ1n) is 9.95. The fourth-order valence-electron chi connectivity index (χ4n) is 3.92. The van der Waals surface area contributed by atoms with Gasteiger partial charge in [-0.2, -0.15) is 5.26 Å². The highest BCUT2D eigenvalue weighted by atomic mass is 16.5. The van der Waals surface area contributed by atoms with Crippen molar-refractivity contribution >= 4 is 17.6 Å². The molecule has 2 aromatic carbocycles. The highest BCUT2D eigenvalue weighted by Crippen LogP contribution is 2.35. The van der Waals surface area contributed by atoms with E-state index in [9.17, 15) is 9.59 Å². The van der Waals surface area contributed by atoms with Crippen LogP contribution >= 0.6 is 0 Å². The van der Waals surface area contributed by atoms with Crippen LogP contribution in [0.15, 0.2) is 36.4 Å². The summed E-state index contributed by atoms with van der Waals surface area (Å²) in [5.74, 6) is 0.718. The Morgan fingerprint density at radius 3 is 2.42 bits per heavy atom. The predicted molar refractivity (Wildman–Crippen MR) is 113 cm³/mol. The third-order valence-corrected chi connectivity index (χ3v) is 5.51. The lowest BCUT2D eigenvalue weighted by atomic mass is 9.90. The van der Waals surface area contributed by atoms with Gasteiger partial charge in [0.05, 0.1) is 39.5 Å².